The summed E-state index contributed by atoms with van der Waals surface area (Å²) < 4.78 is 7.53. The Morgan fingerprint density at radius 2 is 2.43 bits per heavy atom. The first-order chi connectivity index (χ1) is 11.2. The number of amides is 1. The molecule has 120 valence electrons. The van der Waals surface area contributed by atoms with Crippen LogP contribution in [0.25, 0.3) is 16.0 Å². The number of aromatic nitrogens is 2. The fourth-order valence-corrected chi connectivity index (χ4v) is 3.82. The lowest BCUT2D eigenvalue weighted by Gasteiger charge is -2.10. The van der Waals surface area contributed by atoms with Crippen molar-refractivity contribution in [3.63, 3.8) is 0 Å². The Kier molecular flexibility index (Phi) is 3.76. The van der Waals surface area contributed by atoms with Gasteiger partial charge in [0.15, 0.2) is 4.96 Å². The number of nitrogens with one attached hydrogen (secondary N) is 1. The topological polar surface area (TPSA) is 81.7 Å². The molecule has 2 aromatic heterocycles. The van der Waals surface area contributed by atoms with Gasteiger partial charge in [0.2, 0.25) is 0 Å². The first-order valence-electron chi connectivity index (χ1n) is 7.73. The van der Waals surface area contributed by atoms with Gasteiger partial charge in [-0.1, -0.05) is 17.4 Å². The molecule has 1 aromatic carbocycles. The smallest absolute Gasteiger partial charge is 0.260 e. The number of nitrogens with zero attached hydrogens (tertiary/aromatic N) is 2. The molecule has 0 radical (unpaired) electrons. The van der Waals surface area contributed by atoms with E-state index in [-0.39, 0.29) is 0 Å². The van der Waals surface area contributed by atoms with Crippen LogP contribution in [-0.4, -0.2) is 34.5 Å². The molecule has 3 heterocycles. The molecule has 1 aliphatic rings. The molecule has 1 aliphatic heterocycles. The Bertz CT molecular complexity index is 864. The van der Waals surface area contributed by atoms with Crippen molar-refractivity contribution in [3.05, 3.63) is 34.8 Å². The number of carbonyl (C=O) groups excluding carboxylic acids is 1. The second-order valence-electron chi connectivity index (χ2n) is 5.81. The number of ether oxygens (including phenoxy) is 1. The van der Waals surface area contributed by atoms with Crippen LogP contribution in [0.4, 0.5) is 0 Å². The first-order valence-corrected chi connectivity index (χ1v) is 8.55. The van der Waals surface area contributed by atoms with Crippen LogP contribution in [0.15, 0.2) is 24.4 Å². The van der Waals surface area contributed by atoms with Crippen LogP contribution in [-0.2, 0) is 11.3 Å². The summed E-state index contributed by atoms with van der Waals surface area (Å²) in [5, 5.41) is 3.44. The number of hydrogen-bond donors (Lipinski definition) is 2. The number of hydrogen-bond acceptors (Lipinski definition) is 5. The first kappa shape index (κ1) is 14.6. The molecule has 1 saturated heterocycles. The van der Waals surface area contributed by atoms with Crippen LogP contribution in [0.5, 0.6) is 0 Å². The predicted molar refractivity (Wildman–Crippen MR) is 89.8 cm³/mol. The molecule has 1 atom stereocenters. The standard InChI is InChI=1S/C16H18N4O2S/c17-15(21)14-9-20-13-4-3-10(6-12(13)19-16(20)23-14)7-18-8-11-2-1-5-22-11/h3-4,6,9,11,18H,1-2,5,7-8H2,(H2,17,21). The van der Waals surface area contributed by atoms with Gasteiger partial charge in [-0.15, -0.1) is 0 Å². The Labute approximate surface area is 137 Å². The number of benzene rings is 1. The van der Waals surface area contributed by atoms with Crippen molar-refractivity contribution in [1.29, 1.82) is 0 Å². The number of thiazole rings is 1. The van der Waals surface area contributed by atoms with Crippen molar-refractivity contribution in [2.24, 2.45) is 5.73 Å². The molecule has 6 nitrogen and oxygen atoms in total. The molecule has 0 bridgehead atoms. The molecule has 4 rings (SSSR count). The monoisotopic (exact) mass is 330 g/mol. The van der Waals surface area contributed by atoms with Gasteiger partial charge in [-0.25, -0.2) is 4.98 Å². The van der Waals surface area contributed by atoms with Crippen LogP contribution >= 0.6 is 11.3 Å². The Hall–Kier alpha value is -1.96. The van der Waals surface area contributed by atoms with Crippen molar-refractivity contribution < 1.29 is 9.53 Å². The summed E-state index contributed by atoms with van der Waals surface area (Å²) in [5.41, 5.74) is 8.44. The second kappa shape index (κ2) is 5.92. The van der Waals surface area contributed by atoms with Crippen molar-refractivity contribution in [2.75, 3.05) is 13.2 Å². The molecule has 0 spiro atoms. The fraction of sp³-hybridized carbons (Fsp3) is 0.375. The Balaban J connectivity index is 1.52. The van der Waals surface area contributed by atoms with Crippen molar-refractivity contribution in [3.8, 4) is 0 Å². The molecule has 3 N–H and O–H groups in total. The molecular weight excluding hydrogens is 312 g/mol. The van der Waals surface area contributed by atoms with E-state index in [2.05, 4.69) is 22.4 Å². The second-order valence-corrected chi connectivity index (χ2v) is 6.82. The summed E-state index contributed by atoms with van der Waals surface area (Å²) in [6.45, 7) is 2.57. The van der Waals surface area contributed by atoms with Crippen molar-refractivity contribution in [1.82, 2.24) is 14.7 Å². The minimum absolute atomic E-state index is 0.351. The third-order valence-corrected chi connectivity index (χ3v) is 5.13. The molecule has 7 heteroatoms. The lowest BCUT2D eigenvalue weighted by molar-refractivity contribution is 0.100. The number of carbonyl (C=O) groups is 1. The maximum atomic E-state index is 11.3. The van der Waals surface area contributed by atoms with Gasteiger partial charge in [0.1, 0.15) is 4.88 Å². The number of nitrogens with two attached hydrogens (primary N) is 1. The van der Waals surface area contributed by atoms with E-state index >= 15 is 0 Å². The largest absolute Gasteiger partial charge is 0.377 e. The van der Waals surface area contributed by atoms with Gasteiger partial charge in [-0.2, -0.15) is 0 Å². The zero-order chi connectivity index (χ0) is 15.8. The van der Waals surface area contributed by atoms with Gasteiger partial charge in [-0.3, -0.25) is 9.20 Å². The van der Waals surface area contributed by atoms with Gasteiger partial charge >= 0.3 is 0 Å². The van der Waals surface area contributed by atoms with Crippen LogP contribution < -0.4 is 11.1 Å². The molecule has 0 aliphatic carbocycles. The highest BCUT2D eigenvalue weighted by molar-refractivity contribution is 7.18. The van der Waals surface area contributed by atoms with E-state index in [4.69, 9.17) is 10.5 Å². The highest BCUT2D eigenvalue weighted by Gasteiger charge is 2.15. The van der Waals surface area contributed by atoms with Gasteiger partial charge < -0.3 is 15.8 Å². The van der Waals surface area contributed by atoms with Crippen LogP contribution in [0.2, 0.25) is 0 Å². The Morgan fingerprint density at radius 3 is 3.22 bits per heavy atom. The van der Waals surface area contributed by atoms with Crippen molar-refractivity contribution >= 4 is 33.2 Å². The summed E-state index contributed by atoms with van der Waals surface area (Å²) in [5.74, 6) is -0.413. The molecule has 0 saturated carbocycles. The van der Waals surface area contributed by atoms with E-state index in [0.717, 1.165) is 48.5 Å². The molecule has 3 aromatic rings. The third kappa shape index (κ3) is 2.83. The zero-order valence-corrected chi connectivity index (χ0v) is 13.4. The SMILES string of the molecule is NC(=O)c1cn2c(nc3cc(CNCC4CCCO4)ccc32)s1. The predicted octanol–water partition coefficient (Wildman–Crippen LogP) is 1.92. The fourth-order valence-electron chi connectivity index (χ4n) is 2.97. The Morgan fingerprint density at radius 1 is 1.52 bits per heavy atom. The number of fused-ring (bicyclic) bond motifs is 3. The van der Waals surface area contributed by atoms with E-state index in [0.29, 0.717) is 11.0 Å². The highest BCUT2D eigenvalue weighted by Crippen LogP contribution is 2.24. The number of imidazole rings is 1. The summed E-state index contributed by atoms with van der Waals surface area (Å²) in [6, 6.07) is 6.21. The van der Waals surface area contributed by atoms with E-state index in [1.54, 1.807) is 6.20 Å². The maximum absolute atomic E-state index is 11.3. The number of primary amides is 1. The molecule has 1 amide bonds. The van der Waals surface area contributed by atoms with Gasteiger partial charge in [0.25, 0.3) is 5.91 Å². The van der Waals surface area contributed by atoms with Gasteiger partial charge in [0, 0.05) is 25.9 Å². The molecule has 1 fully saturated rings. The van der Waals surface area contributed by atoms with E-state index in [9.17, 15) is 4.79 Å². The minimum Gasteiger partial charge on any atom is -0.377 e. The van der Waals surface area contributed by atoms with E-state index in [1.165, 1.54) is 16.9 Å². The lowest BCUT2D eigenvalue weighted by atomic mass is 10.2. The summed E-state index contributed by atoms with van der Waals surface area (Å²) in [4.78, 5) is 17.2. The summed E-state index contributed by atoms with van der Waals surface area (Å²) >= 11 is 1.32. The summed E-state index contributed by atoms with van der Waals surface area (Å²) in [6.07, 6.45) is 4.42. The molecule has 1 unspecified atom stereocenters. The third-order valence-electron chi connectivity index (χ3n) is 4.14. The zero-order valence-electron chi connectivity index (χ0n) is 12.6. The highest BCUT2D eigenvalue weighted by atomic mass is 32.1. The number of rotatable bonds is 5. The summed E-state index contributed by atoms with van der Waals surface area (Å²) in [7, 11) is 0. The van der Waals surface area contributed by atoms with Crippen LogP contribution in [0.1, 0.15) is 28.1 Å². The van der Waals surface area contributed by atoms with Crippen LogP contribution in [0, 0.1) is 0 Å². The van der Waals surface area contributed by atoms with E-state index < -0.39 is 5.91 Å². The van der Waals surface area contributed by atoms with E-state index in [1.807, 2.05) is 10.5 Å². The normalized spacial score (nSPS) is 18.2. The van der Waals surface area contributed by atoms with Gasteiger partial charge in [0.05, 0.1) is 17.1 Å². The van der Waals surface area contributed by atoms with Gasteiger partial charge in [-0.05, 0) is 30.5 Å². The van der Waals surface area contributed by atoms with Crippen molar-refractivity contribution in [2.45, 2.75) is 25.5 Å². The average Bonchev–Trinajstić information content (AvgIpc) is 3.21. The quantitative estimate of drug-likeness (QED) is 0.749. The molecular formula is C16H18N4O2S. The average molecular weight is 330 g/mol. The minimum atomic E-state index is -0.413. The lowest BCUT2D eigenvalue weighted by Crippen LogP contribution is -2.25. The van der Waals surface area contributed by atoms with Crippen LogP contribution in [0.3, 0.4) is 0 Å². The maximum Gasteiger partial charge on any atom is 0.260 e. The molecule has 23 heavy (non-hydrogen) atoms.